The molecular weight excluding hydrogens is 296 g/mol. The van der Waals surface area contributed by atoms with Crippen molar-refractivity contribution in [3.05, 3.63) is 23.8 Å². The Morgan fingerprint density at radius 2 is 2.09 bits per heavy atom. The van der Waals surface area contributed by atoms with E-state index in [1.165, 1.54) is 6.42 Å². The molecule has 2 amide bonds. The van der Waals surface area contributed by atoms with Gasteiger partial charge in [-0.15, -0.1) is 11.8 Å². The van der Waals surface area contributed by atoms with Crippen LogP contribution in [0.3, 0.4) is 0 Å². The van der Waals surface area contributed by atoms with Crippen molar-refractivity contribution in [3.8, 4) is 0 Å². The molecule has 0 bridgehead atoms. The number of hydrogen-bond acceptors (Lipinski definition) is 3. The highest BCUT2D eigenvalue weighted by Gasteiger charge is 2.25. The molecule has 0 unspecified atom stereocenters. The molecule has 0 spiro atoms. The summed E-state index contributed by atoms with van der Waals surface area (Å²) < 4.78 is 0. The minimum Gasteiger partial charge on any atom is -0.339 e. The van der Waals surface area contributed by atoms with Gasteiger partial charge in [0.15, 0.2) is 0 Å². The van der Waals surface area contributed by atoms with Crippen molar-refractivity contribution in [2.45, 2.75) is 43.3 Å². The normalized spacial score (nSPS) is 25.2. The lowest BCUT2D eigenvalue weighted by atomic mass is 10.0. The number of nitrogens with zero attached hydrogens (tertiary/aromatic N) is 1. The summed E-state index contributed by atoms with van der Waals surface area (Å²) in [5, 5.41) is 2.81. The average Bonchev–Trinajstić information content (AvgIpc) is 2.72. The first-order valence-electron chi connectivity index (χ1n) is 7.95. The van der Waals surface area contributed by atoms with E-state index >= 15 is 0 Å². The average molecular weight is 318 g/mol. The quantitative estimate of drug-likeness (QED) is 0.863. The largest absolute Gasteiger partial charge is 0.339 e. The third-order valence-corrected chi connectivity index (χ3v) is 5.64. The molecule has 1 aromatic carbocycles. The van der Waals surface area contributed by atoms with Gasteiger partial charge < -0.3 is 10.2 Å². The molecule has 5 heteroatoms. The number of anilines is 1. The van der Waals surface area contributed by atoms with Gasteiger partial charge in [0, 0.05) is 23.5 Å². The second-order valence-electron chi connectivity index (χ2n) is 6.29. The van der Waals surface area contributed by atoms with Crippen LogP contribution in [0.25, 0.3) is 0 Å². The maximum Gasteiger partial charge on any atom is 0.253 e. The van der Waals surface area contributed by atoms with E-state index in [1.807, 2.05) is 30.0 Å². The van der Waals surface area contributed by atoms with Gasteiger partial charge in [-0.1, -0.05) is 6.92 Å². The highest BCUT2D eigenvalue weighted by molar-refractivity contribution is 8.00. The summed E-state index contributed by atoms with van der Waals surface area (Å²) in [4.78, 5) is 27.5. The van der Waals surface area contributed by atoms with Gasteiger partial charge >= 0.3 is 0 Å². The maximum absolute atomic E-state index is 12.7. The molecule has 118 valence electrons. The highest BCUT2D eigenvalue weighted by atomic mass is 32.2. The summed E-state index contributed by atoms with van der Waals surface area (Å²) >= 11 is 1.54. The Hall–Kier alpha value is -1.49. The Morgan fingerprint density at radius 3 is 2.91 bits per heavy atom. The van der Waals surface area contributed by atoms with Gasteiger partial charge in [-0.25, -0.2) is 0 Å². The van der Waals surface area contributed by atoms with Crippen LogP contribution in [-0.4, -0.2) is 35.1 Å². The number of carbonyl (C=O) groups excluding carboxylic acids is 2. The zero-order valence-corrected chi connectivity index (χ0v) is 13.9. The van der Waals surface area contributed by atoms with Crippen molar-refractivity contribution in [3.63, 3.8) is 0 Å². The monoisotopic (exact) mass is 318 g/mol. The number of hydrogen-bond donors (Lipinski definition) is 1. The van der Waals surface area contributed by atoms with Crippen LogP contribution in [0.1, 0.15) is 43.5 Å². The first-order chi connectivity index (χ1) is 10.5. The van der Waals surface area contributed by atoms with E-state index in [0.29, 0.717) is 11.5 Å². The van der Waals surface area contributed by atoms with Crippen LogP contribution in [-0.2, 0) is 4.79 Å². The van der Waals surface area contributed by atoms with Crippen molar-refractivity contribution in [2.75, 3.05) is 18.4 Å². The van der Waals surface area contributed by atoms with Crippen LogP contribution in [0.2, 0.25) is 0 Å². The van der Waals surface area contributed by atoms with Gasteiger partial charge in [0.2, 0.25) is 5.91 Å². The molecule has 1 saturated heterocycles. The summed E-state index contributed by atoms with van der Waals surface area (Å²) in [6, 6.07) is 5.65. The lowest BCUT2D eigenvalue weighted by Gasteiger charge is -2.24. The van der Waals surface area contributed by atoms with Crippen LogP contribution < -0.4 is 5.32 Å². The first kappa shape index (κ1) is 15.4. The Labute approximate surface area is 135 Å². The van der Waals surface area contributed by atoms with Crippen LogP contribution in [0.4, 0.5) is 5.69 Å². The number of rotatable bonds is 1. The van der Waals surface area contributed by atoms with Gasteiger partial charge in [0.25, 0.3) is 5.91 Å². The number of amides is 2. The Kier molecular flexibility index (Phi) is 4.43. The molecule has 2 aliphatic rings. The molecule has 1 fully saturated rings. The molecule has 4 nitrogen and oxygen atoms in total. The van der Waals surface area contributed by atoms with Gasteiger partial charge in [-0.3, -0.25) is 9.59 Å². The number of likely N-dealkylation sites (tertiary alicyclic amines) is 1. The summed E-state index contributed by atoms with van der Waals surface area (Å²) in [6.45, 7) is 5.80. The Morgan fingerprint density at radius 1 is 1.27 bits per heavy atom. The maximum atomic E-state index is 12.7. The molecule has 2 aliphatic heterocycles. The van der Waals surface area contributed by atoms with Gasteiger partial charge in [-0.2, -0.15) is 0 Å². The predicted molar refractivity (Wildman–Crippen MR) is 89.3 cm³/mol. The molecule has 2 atom stereocenters. The van der Waals surface area contributed by atoms with Gasteiger partial charge in [0.05, 0.1) is 10.9 Å². The van der Waals surface area contributed by atoms with Crippen molar-refractivity contribution in [1.29, 1.82) is 0 Å². The first-order valence-corrected chi connectivity index (χ1v) is 8.83. The molecule has 1 aromatic rings. The second-order valence-corrected chi connectivity index (χ2v) is 7.67. The third-order valence-electron chi connectivity index (χ3n) is 4.46. The molecule has 0 aromatic heterocycles. The number of nitrogens with one attached hydrogen (secondary N) is 1. The second kappa shape index (κ2) is 6.32. The van der Waals surface area contributed by atoms with Gasteiger partial charge in [-0.05, 0) is 50.3 Å². The molecule has 2 heterocycles. The SMILES string of the molecule is C[C@@H]1CCCN(C(=O)c2ccc3c(c2)NC(=O)[C@H](C)S3)CC1. The topological polar surface area (TPSA) is 49.4 Å². The molecule has 1 N–H and O–H groups in total. The van der Waals surface area contributed by atoms with Gasteiger partial charge in [0.1, 0.15) is 0 Å². The highest BCUT2D eigenvalue weighted by Crippen LogP contribution is 2.36. The summed E-state index contributed by atoms with van der Waals surface area (Å²) in [5.74, 6) is 0.777. The smallest absolute Gasteiger partial charge is 0.253 e. The van der Waals surface area contributed by atoms with E-state index < -0.39 is 0 Å². The number of benzene rings is 1. The zero-order valence-electron chi connectivity index (χ0n) is 13.1. The Balaban J connectivity index is 1.79. The number of thioether (sulfide) groups is 1. The third kappa shape index (κ3) is 3.14. The van der Waals surface area contributed by atoms with Crippen LogP contribution >= 0.6 is 11.8 Å². The standard InChI is InChI=1S/C17H22N2O2S/c1-11-4-3-8-19(9-7-11)17(21)13-5-6-15-14(10-13)18-16(20)12(2)22-15/h5-6,10-12H,3-4,7-9H2,1-2H3,(H,18,20)/t11-,12+/m1/s1. The molecule has 3 rings (SSSR count). The zero-order chi connectivity index (χ0) is 15.7. The van der Waals surface area contributed by atoms with E-state index in [4.69, 9.17) is 0 Å². The fraction of sp³-hybridized carbons (Fsp3) is 0.529. The molecule has 22 heavy (non-hydrogen) atoms. The van der Waals surface area contributed by atoms with Crippen LogP contribution in [0, 0.1) is 5.92 Å². The summed E-state index contributed by atoms with van der Waals surface area (Å²) in [7, 11) is 0. The van der Waals surface area contributed by atoms with E-state index in [1.54, 1.807) is 11.8 Å². The van der Waals surface area contributed by atoms with E-state index in [-0.39, 0.29) is 17.1 Å². The molecule has 0 radical (unpaired) electrons. The van der Waals surface area contributed by atoms with E-state index in [0.717, 1.165) is 36.5 Å². The fourth-order valence-corrected chi connectivity index (χ4v) is 3.92. The van der Waals surface area contributed by atoms with E-state index in [9.17, 15) is 9.59 Å². The predicted octanol–water partition coefficient (Wildman–Crippen LogP) is 3.38. The van der Waals surface area contributed by atoms with Crippen LogP contribution in [0.5, 0.6) is 0 Å². The fourth-order valence-electron chi connectivity index (χ4n) is 2.99. The lowest BCUT2D eigenvalue weighted by Crippen LogP contribution is -2.32. The van der Waals surface area contributed by atoms with Crippen LogP contribution in [0.15, 0.2) is 23.1 Å². The van der Waals surface area contributed by atoms with Crippen molar-refractivity contribution in [2.24, 2.45) is 5.92 Å². The number of fused-ring (bicyclic) bond motifs is 1. The summed E-state index contributed by atoms with van der Waals surface area (Å²) in [5.41, 5.74) is 1.44. The number of carbonyl (C=O) groups is 2. The molecular formula is C17H22N2O2S. The lowest BCUT2D eigenvalue weighted by molar-refractivity contribution is -0.115. The van der Waals surface area contributed by atoms with Crippen molar-refractivity contribution >= 4 is 29.3 Å². The summed E-state index contributed by atoms with van der Waals surface area (Å²) in [6.07, 6.45) is 3.33. The van der Waals surface area contributed by atoms with Crippen molar-refractivity contribution < 1.29 is 9.59 Å². The van der Waals surface area contributed by atoms with Crippen molar-refractivity contribution in [1.82, 2.24) is 4.90 Å². The van der Waals surface area contributed by atoms with E-state index in [2.05, 4.69) is 12.2 Å². The molecule has 0 saturated carbocycles. The minimum absolute atomic E-state index is 0.00527. The minimum atomic E-state index is -0.0823. The molecule has 0 aliphatic carbocycles. The Bertz CT molecular complexity index is 602.